The first kappa shape index (κ1) is 20.4. The van der Waals surface area contributed by atoms with E-state index < -0.39 is 0 Å². The fourth-order valence-electron chi connectivity index (χ4n) is 4.76. The van der Waals surface area contributed by atoms with E-state index in [1.807, 2.05) is 17.0 Å². The number of nitrogens with zero attached hydrogens (tertiary/aromatic N) is 3. The molecule has 1 unspecified atom stereocenters. The number of aromatic amines is 1. The van der Waals surface area contributed by atoms with Crippen LogP contribution in [0.25, 0.3) is 10.9 Å². The number of piperazine rings is 1. The second kappa shape index (κ2) is 8.86. The molecule has 3 heterocycles. The first-order valence-corrected chi connectivity index (χ1v) is 11.0. The standard InChI is InChI=1S/C23H34N4O2/c1-17(2)26-8-10-27(11-9-26)23(29)19-5-6-21-20(13-24-22(21)12-19)15-25-7-3-4-18(14-25)16-28/h5-6,12-13,17-18,24,28H,3-4,7-11,14-16H2,1-2H3. The summed E-state index contributed by atoms with van der Waals surface area (Å²) in [6, 6.07) is 6.60. The van der Waals surface area contributed by atoms with Gasteiger partial charge in [0.2, 0.25) is 0 Å². The highest BCUT2D eigenvalue weighted by molar-refractivity contribution is 5.98. The maximum Gasteiger partial charge on any atom is 0.254 e. The number of rotatable bonds is 5. The summed E-state index contributed by atoms with van der Waals surface area (Å²) in [4.78, 5) is 23.2. The van der Waals surface area contributed by atoms with Crippen molar-refractivity contribution in [3.63, 3.8) is 0 Å². The maximum absolute atomic E-state index is 13.0. The van der Waals surface area contributed by atoms with Crippen molar-refractivity contribution in [2.45, 2.75) is 39.3 Å². The Balaban J connectivity index is 1.43. The van der Waals surface area contributed by atoms with E-state index >= 15 is 0 Å². The van der Waals surface area contributed by atoms with E-state index in [0.29, 0.717) is 12.0 Å². The highest BCUT2D eigenvalue weighted by Crippen LogP contribution is 2.24. The molecule has 2 N–H and O–H groups in total. The molecular weight excluding hydrogens is 364 g/mol. The number of amides is 1. The van der Waals surface area contributed by atoms with Gasteiger partial charge in [0.25, 0.3) is 5.91 Å². The number of nitrogens with one attached hydrogen (secondary N) is 1. The number of hydrogen-bond acceptors (Lipinski definition) is 4. The second-order valence-electron chi connectivity index (χ2n) is 8.92. The van der Waals surface area contributed by atoms with E-state index in [9.17, 15) is 9.90 Å². The Hall–Kier alpha value is -1.89. The lowest BCUT2D eigenvalue weighted by Crippen LogP contribution is -2.50. The van der Waals surface area contributed by atoms with Crippen molar-refractivity contribution in [3.05, 3.63) is 35.5 Å². The van der Waals surface area contributed by atoms with Gasteiger partial charge in [-0.1, -0.05) is 6.07 Å². The van der Waals surface area contributed by atoms with Gasteiger partial charge >= 0.3 is 0 Å². The zero-order valence-corrected chi connectivity index (χ0v) is 17.7. The molecule has 6 nitrogen and oxygen atoms in total. The van der Waals surface area contributed by atoms with Crippen LogP contribution >= 0.6 is 0 Å². The van der Waals surface area contributed by atoms with E-state index in [0.717, 1.165) is 69.7 Å². The average molecular weight is 399 g/mol. The summed E-state index contributed by atoms with van der Waals surface area (Å²) in [7, 11) is 0. The number of H-pyrrole nitrogens is 1. The van der Waals surface area contributed by atoms with Crippen molar-refractivity contribution < 1.29 is 9.90 Å². The Bertz CT molecular complexity index is 839. The van der Waals surface area contributed by atoms with Crippen molar-refractivity contribution in [1.29, 1.82) is 0 Å². The van der Waals surface area contributed by atoms with Crippen LogP contribution in [0.1, 0.15) is 42.6 Å². The Morgan fingerprint density at radius 2 is 2.00 bits per heavy atom. The number of carbonyl (C=O) groups excluding carboxylic acids is 1. The minimum absolute atomic E-state index is 0.133. The second-order valence-corrected chi connectivity index (χ2v) is 8.92. The number of aliphatic hydroxyl groups is 1. The van der Waals surface area contributed by atoms with Gasteiger partial charge < -0.3 is 15.0 Å². The van der Waals surface area contributed by atoms with Gasteiger partial charge in [0.1, 0.15) is 0 Å². The lowest BCUT2D eigenvalue weighted by molar-refractivity contribution is 0.0595. The fourth-order valence-corrected chi connectivity index (χ4v) is 4.76. The molecule has 2 aromatic rings. The predicted octanol–water partition coefficient (Wildman–Crippen LogP) is 2.54. The van der Waals surface area contributed by atoms with Gasteiger partial charge in [-0.25, -0.2) is 0 Å². The molecule has 2 aliphatic heterocycles. The molecule has 1 amide bonds. The molecule has 0 radical (unpaired) electrons. The number of likely N-dealkylation sites (tertiary alicyclic amines) is 1. The molecule has 0 saturated carbocycles. The molecule has 1 aromatic carbocycles. The Morgan fingerprint density at radius 3 is 2.72 bits per heavy atom. The Labute approximate surface area is 173 Å². The number of carbonyl (C=O) groups is 1. The third kappa shape index (κ3) is 4.49. The summed E-state index contributed by atoms with van der Waals surface area (Å²) in [6.45, 7) is 11.1. The molecule has 158 valence electrons. The van der Waals surface area contributed by atoms with Crippen LogP contribution in [0.5, 0.6) is 0 Å². The number of benzene rings is 1. The van der Waals surface area contributed by atoms with Crippen molar-refractivity contribution in [2.24, 2.45) is 5.92 Å². The molecule has 2 aliphatic rings. The van der Waals surface area contributed by atoms with Crippen LogP contribution in [0.2, 0.25) is 0 Å². The summed E-state index contributed by atoms with van der Waals surface area (Å²) in [5.41, 5.74) is 3.06. The van der Waals surface area contributed by atoms with Crippen LogP contribution in [0.15, 0.2) is 24.4 Å². The smallest absolute Gasteiger partial charge is 0.254 e. The Kier molecular flexibility index (Phi) is 6.23. The van der Waals surface area contributed by atoms with Crippen LogP contribution in [-0.2, 0) is 6.54 Å². The molecule has 0 bridgehead atoms. The van der Waals surface area contributed by atoms with E-state index in [4.69, 9.17) is 0 Å². The highest BCUT2D eigenvalue weighted by Gasteiger charge is 2.24. The first-order chi connectivity index (χ1) is 14.0. The van der Waals surface area contributed by atoms with Crippen molar-refractivity contribution in [1.82, 2.24) is 19.7 Å². The summed E-state index contributed by atoms with van der Waals surface area (Å²) >= 11 is 0. The minimum atomic E-state index is 0.133. The van der Waals surface area contributed by atoms with Crippen molar-refractivity contribution in [2.75, 3.05) is 45.9 Å². The quantitative estimate of drug-likeness (QED) is 0.813. The maximum atomic E-state index is 13.0. The van der Waals surface area contributed by atoms with Crippen LogP contribution in [0.4, 0.5) is 0 Å². The van der Waals surface area contributed by atoms with Crippen molar-refractivity contribution >= 4 is 16.8 Å². The van der Waals surface area contributed by atoms with Crippen LogP contribution < -0.4 is 0 Å². The largest absolute Gasteiger partial charge is 0.396 e. The third-order valence-electron chi connectivity index (χ3n) is 6.60. The molecule has 0 spiro atoms. The molecule has 0 aliphatic carbocycles. The van der Waals surface area contributed by atoms with Crippen LogP contribution in [0.3, 0.4) is 0 Å². The van der Waals surface area contributed by atoms with E-state index in [2.05, 4.69) is 40.9 Å². The summed E-state index contributed by atoms with van der Waals surface area (Å²) < 4.78 is 0. The van der Waals surface area contributed by atoms with Gasteiger partial charge in [0.15, 0.2) is 0 Å². The van der Waals surface area contributed by atoms with E-state index in [1.54, 1.807) is 0 Å². The molecule has 6 heteroatoms. The van der Waals surface area contributed by atoms with E-state index in [1.165, 1.54) is 10.9 Å². The van der Waals surface area contributed by atoms with E-state index in [-0.39, 0.29) is 12.5 Å². The monoisotopic (exact) mass is 398 g/mol. The first-order valence-electron chi connectivity index (χ1n) is 11.0. The zero-order valence-electron chi connectivity index (χ0n) is 17.7. The molecule has 1 atom stereocenters. The zero-order chi connectivity index (χ0) is 20.4. The fraction of sp³-hybridized carbons (Fsp3) is 0.609. The number of fused-ring (bicyclic) bond motifs is 1. The number of hydrogen-bond donors (Lipinski definition) is 2. The molecule has 2 fully saturated rings. The van der Waals surface area contributed by atoms with Gasteiger partial charge in [0, 0.05) is 74.6 Å². The number of aromatic nitrogens is 1. The summed E-state index contributed by atoms with van der Waals surface area (Å²) in [5.74, 6) is 0.530. The lowest BCUT2D eigenvalue weighted by Gasteiger charge is -2.37. The molecule has 1 aromatic heterocycles. The Morgan fingerprint density at radius 1 is 1.21 bits per heavy atom. The molecule has 2 saturated heterocycles. The van der Waals surface area contributed by atoms with Gasteiger partial charge in [-0.3, -0.25) is 14.6 Å². The summed E-state index contributed by atoms with van der Waals surface area (Å²) in [6.07, 6.45) is 4.34. The average Bonchev–Trinajstić information content (AvgIpc) is 3.15. The van der Waals surface area contributed by atoms with Crippen molar-refractivity contribution in [3.8, 4) is 0 Å². The van der Waals surface area contributed by atoms with Crippen LogP contribution in [-0.4, -0.2) is 82.6 Å². The normalized spacial score (nSPS) is 21.9. The third-order valence-corrected chi connectivity index (χ3v) is 6.60. The topological polar surface area (TPSA) is 62.8 Å². The van der Waals surface area contributed by atoms with Gasteiger partial charge in [-0.05, 0) is 56.8 Å². The summed E-state index contributed by atoms with van der Waals surface area (Å²) in [5, 5.41) is 10.7. The predicted molar refractivity (Wildman–Crippen MR) is 116 cm³/mol. The minimum Gasteiger partial charge on any atom is -0.396 e. The molecule has 4 rings (SSSR count). The lowest BCUT2D eigenvalue weighted by atomic mass is 9.98. The SMILES string of the molecule is CC(C)N1CCN(C(=O)c2ccc3c(CN4CCCC(CO)C4)c[nH]c3c2)CC1. The highest BCUT2D eigenvalue weighted by atomic mass is 16.3. The molecular formula is C23H34N4O2. The molecule has 29 heavy (non-hydrogen) atoms. The van der Waals surface area contributed by atoms with Gasteiger partial charge in [0.05, 0.1) is 0 Å². The van der Waals surface area contributed by atoms with Gasteiger partial charge in [-0.2, -0.15) is 0 Å². The van der Waals surface area contributed by atoms with Gasteiger partial charge in [-0.15, -0.1) is 0 Å². The van der Waals surface area contributed by atoms with Crippen LogP contribution in [0, 0.1) is 5.92 Å². The number of piperidine rings is 1. The number of aliphatic hydroxyl groups excluding tert-OH is 1.